The first-order valence-corrected chi connectivity index (χ1v) is 13.3. The van der Waals surface area contributed by atoms with Gasteiger partial charge in [0.2, 0.25) is 0 Å². The Morgan fingerprint density at radius 3 is 1.09 bits per heavy atom. The molecular weight excluding hydrogens is 456 g/mol. The number of aryl methyl sites for hydroxylation is 4. The van der Waals surface area contributed by atoms with E-state index in [9.17, 15) is 0 Å². The molecule has 6 heteroatoms. The van der Waals surface area contributed by atoms with Gasteiger partial charge in [0.15, 0.2) is 10.3 Å². The van der Waals surface area contributed by atoms with E-state index in [-0.39, 0.29) is 0 Å². The third-order valence-corrected chi connectivity index (χ3v) is 7.52. The van der Waals surface area contributed by atoms with Gasteiger partial charge in [0, 0.05) is 34.3 Å². The van der Waals surface area contributed by atoms with Gasteiger partial charge < -0.3 is 0 Å². The van der Waals surface area contributed by atoms with Crippen LogP contribution in [0.25, 0.3) is 21.5 Å². The predicted molar refractivity (Wildman–Crippen MR) is 144 cm³/mol. The molecular formula is C28H26N4S2. The van der Waals surface area contributed by atoms with Crippen molar-refractivity contribution < 1.29 is 0 Å². The summed E-state index contributed by atoms with van der Waals surface area (Å²) in [7, 11) is 0. The highest BCUT2D eigenvalue weighted by molar-refractivity contribution is 7.98. The van der Waals surface area contributed by atoms with Crippen LogP contribution in [-0.2, 0) is 11.5 Å². The van der Waals surface area contributed by atoms with Crippen molar-refractivity contribution in [3.63, 3.8) is 0 Å². The van der Waals surface area contributed by atoms with E-state index in [0.29, 0.717) is 0 Å². The average molecular weight is 483 g/mol. The predicted octanol–water partition coefficient (Wildman–Crippen LogP) is 7.39. The first kappa shape index (κ1) is 22.8. The Balaban J connectivity index is 1.57. The lowest BCUT2D eigenvalue weighted by molar-refractivity contribution is 0.901. The zero-order valence-electron chi connectivity index (χ0n) is 19.8. The minimum Gasteiger partial charge on any atom is -0.228 e. The topological polar surface area (TPSA) is 51.6 Å². The van der Waals surface area contributed by atoms with E-state index in [1.807, 2.05) is 39.8 Å². The third-order valence-electron chi connectivity index (χ3n) is 5.77. The largest absolute Gasteiger partial charge is 0.228 e. The number of fused-ring (bicyclic) bond motifs is 2. The molecule has 2 aromatic heterocycles. The molecule has 0 spiro atoms. The molecule has 0 saturated carbocycles. The fourth-order valence-electron chi connectivity index (χ4n) is 4.41. The molecule has 5 rings (SSSR count). The molecule has 0 saturated heterocycles. The monoisotopic (exact) mass is 482 g/mol. The van der Waals surface area contributed by atoms with Crippen molar-refractivity contribution in [3.8, 4) is 0 Å². The molecule has 2 heterocycles. The summed E-state index contributed by atoms with van der Waals surface area (Å²) in [5, 5.41) is 6.81. The maximum absolute atomic E-state index is 4.64. The number of benzene rings is 3. The number of nitrogens with zero attached hydrogens (tertiary/aromatic N) is 4. The first-order chi connectivity index (χ1) is 16.5. The van der Waals surface area contributed by atoms with Gasteiger partial charge in [-0.05, 0) is 72.5 Å². The Hall–Kier alpha value is -2.96. The van der Waals surface area contributed by atoms with Gasteiger partial charge in [-0.3, -0.25) is 0 Å². The van der Waals surface area contributed by atoms with Crippen LogP contribution in [0.2, 0.25) is 0 Å². The van der Waals surface area contributed by atoms with Gasteiger partial charge in [0.25, 0.3) is 0 Å². The summed E-state index contributed by atoms with van der Waals surface area (Å²) in [5.41, 5.74) is 6.68. The Morgan fingerprint density at radius 2 is 0.794 bits per heavy atom. The normalized spacial score (nSPS) is 11.4. The summed E-state index contributed by atoms with van der Waals surface area (Å²) in [4.78, 5) is 18.6. The van der Waals surface area contributed by atoms with Gasteiger partial charge in [0.05, 0.1) is 0 Å². The smallest absolute Gasteiger partial charge is 0.188 e. The highest BCUT2D eigenvalue weighted by Gasteiger charge is 2.15. The fourth-order valence-corrected chi connectivity index (χ4v) is 6.41. The molecule has 34 heavy (non-hydrogen) atoms. The summed E-state index contributed by atoms with van der Waals surface area (Å²) in [6.07, 6.45) is 0. The van der Waals surface area contributed by atoms with Crippen molar-refractivity contribution in [1.82, 2.24) is 19.9 Å². The number of hydrogen-bond donors (Lipinski definition) is 0. The highest BCUT2D eigenvalue weighted by Crippen LogP contribution is 2.38. The molecule has 0 aliphatic carbocycles. The van der Waals surface area contributed by atoms with E-state index in [4.69, 9.17) is 0 Å². The van der Waals surface area contributed by atoms with Crippen LogP contribution in [0.15, 0.2) is 71.0 Å². The minimum atomic E-state index is 0.817. The first-order valence-electron chi connectivity index (χ1n) is 11.3. The Kier molecular flexibility index (Phi) is 6.53. The lowest BCUT2D eigenvalue weighted by atomic mass is 9.93. The SMILES string of the molecule is Cc1cc(C)nc(SCc2c3ccccc3c(CSc3nc(C)cc(C)n3)c3ccccc23)n1. The molecule has 3 aromatic carbocycles. The zero-order valence-corrected chi connectivity index (χ0v) is 21.4. The maximum Gasteiger partial charge on any atom is 0.188 e. The zero-order chi connectivity index (χ0) is 23.7. The van der Waals surface area contributed by atoms with Gasteiger partial charge >= 0.3 is 0 Å². The van der Waals surface area contributed by atoms with Crippen LogP contribution in [0.1, 0.15) is 33.9 Å². The van der Waals surface area contributed by atoms with Crippen molar-refractivity contribution in [1.29, 1.82) is 0 Å². The molecule has 0 atom stereocenters. The molecule has 170 valence electrons. The van der Waals surface area contributed by atoms with Crippen LogP contribution in [0.3, 0.4) is 0 Å². The van der Waals surface area contributed by atoms with Crippen LogP contribution in [0.4, 0.5) is 0 Å². The van der Waals surface area contributed by atoms with Crippen molar-refractivity contribution in [3.05, 3.63) is 94.6 Å². The molecule has 0 fully saturated rings. The molecule has 0 aliphatic rings. The van der Waals surface area contributed by atoms with Crippen LogP contribution in [0.5, 0.6) is 0 Å². The fraction of sp³-hybridized carbons (Fsp3) is 0.214. The summed E-state index contributed by atoms with van der Waals surface area (Å²) in [6.45, 7) is 8.09. The van der Waals surface area contributed by atoms with E-state index in [2.05, 4.69) is 68.5 Å². The summed E-state index contributed by atoms with van der Waals surface area (Å²) >= 11 is 3.41. The van der Waals surface area contributed by atoms with Crippen LogP contribution >= 0.6 is 23.5 Å². The lowest BCUT2D eigenvalue weighted by Gasteiger charge is -2.16. The standard InChI is InChI=1S/C28H26N4S2/c1-17-13-18(2)30-27(29-17)33-15-25-21-9-5-7-11-23(21)26(24-12-8-6-10-22(24)25)16-34-28-31-19(3)14-20(4)32-28/h5-14H,15-16H2,1-4H3. The van der Waals surface area contributed by atoms with Crippen LogP contribution in [0, 0.1) is 27.7 Å². The number of thioether (sulfide) groups is 2. The lowest BCUT2D eigenvalue weighted by Crippen LogP contribution is -1.97. The molecule has 0 unspecified atom stereocenters. The molecule has 0 N–H and O–H groups in total. The van der Waals surface area contributed by atoms with E-state index in [1.54, 1.807) is 23.5 Å². The van der Waals surface area contributed by atoms with Crippen LogP contribution < -0.4 is 0 Å². The second-order valence-electron chi connectivity index (χ2n) is 8.49. The summed E-state index contributed by atoms with van der Waals surface area (Å²) < 4.78 is 0. The van der Waals surface area contributed by atoms with Crippen LogP contribution in [-0.4, -0.2) is 19.9 Å². The minimum absolute atomic E-state index is 0.817. The molecule has 0 bridgehead atoms. The second-order valence-corrected chi connectivity index (χ2v) is 10.4. The Labute approximate surface area is 208 Å². The van der Waals surface area contributed by atoms with Gasteiger partial charge in [-0.2, -0.15) is 0 Å². The van der Waals surface area contributed by atoms with E-state index in [0.717, 1.165) is 44.6 Å². The Morgan fingerprint density at radius 1 is 0.500 bits per heavy atom. The van der Waals surface area contributed by atoms with Crippen molar-refractivity contribution >= 4 is 45.1 Å². The summed E-state index contributed by atoms with van der Waals surface area (Å²) in [5.74, 6) is 1.63. The van der Waals surface area contributed by atoms with E-state index in [1.165, 1.54) is 32.7 Å². The van der Waals surface area contributed by atoms with E-state index >= 15 is 0 Å². The number of rotatable bonds is 6. The van der Waals surface area contributed by atoms with Gasteiger partial charge in [-0.1, -0.05) is 72.1 Å². The average Bonchev–Trinajstić information content (AvgIpc) is 2.80. The molecule has 0 radical (unpaired) electrons. The van der Waals surface area contributed by atoms with Crippen molar-refractivity contribution in [2.24, 2.45) is 0 Å². The number of aromatic nitrogens is 4. The molecule has 0 amide bonds. The Bertz CT molecular complexity index is 1300. The quantitative estimate of drug-likeness (QED) is 0.143. The molecule has 4 nitrogen and oxygen atoms in total. The summed E-state index contributed by atoms with van der Waals surface area (Å²) in [6, 6.07) is 21.5. The molecule has 5 aromatic rings. The van der Waals surface area contributed by atoms with Gasteiger partial charge in [-0.25, -0.2) is 19.9 Å². The highest BCUT2D eigenvalue weighted by atomic mass is 32.2. The van der Waals surface area contributed by atoms with Gasteiger partial charge in [0.1, 0.15) is 0 Å². The van der Waals surface area contributed by atoms with Gasteiger partial charge in [-0.15, -0.1) is 0 Å². The molecule has 0 aliphatic heterocycles. The van der Waals surface area contributed by atoms with Crippen molar-refractivity contribution in [2.45, 2.75) is 49.5 Å². The second kappa shape index (κ2) is 9.72. The third kappa shape index (κ3) is 4.79. The van der Waals surface area contributed by atoms with Crippen molar-refractivity contribution in [2.75, 3.05) is 0 Å². The van der Waals surface area contributed by atoms with E-state index < -0.39 is 0 Å². The maximum atomic E-state index is 4.64. The number of hydrogen-bond acceptors (Lipinski definition) is 6.